The van der Waals surface area contributed by atoms with Crippen molar-refractivity contribution in [3.05, 3.63) is 84.4 Å². The van der Waals surface area contributed by atoms with E-state index in [1.165, 1.54) is 11.6 Å². The van der Waals surface area contributed by atoms with E-state index in [-0.39, 0.29) is 4.90 Å². The Morgan fingerprint density at radius 1 is 1.00 bits per heavy atom. The van der Waals surface area contributed by atoms with Crippen molar-refractivity contribution in [2.24, 2.45) is 0 Å². The number of hydrogen-bond donors (Lipinski definition) is 3. The molecule has 0 radical (unpaired) electrons. The third kappa shape index (κ3) is 4.57. The van der Waals surface area contributed by atoms with Crippen LogP contribution in [0, 0.1) is 11.8 Å². The zero-order valence-corrected chi connectivity index (χ0v) is 15.4. The molecule has 0 heterocycles. The maximum absolute atomic E-state index is 12.9. The standard InChI is InChI=1S/C21H16N2O4S/c24-21(22-25)14-4-1-7-16-8-5-11-18(15-16)23-28(26,27)20-13-6-10-17-9-2-3-12-19(17)20/h2-6,8-15,23,25H,(H,22,24)/b14-4+. The van der Waals surface area contributed by atoms with E-state index in [0.29, 0.717) is 16.6 Å². The number of nitrogens with one attached hydrogen (secondary N) is 2. The first kappa shape index (κ1) is 19.2. The summed E-state index contributed by atoms with van der Waals surface area (Å²) in [5.74, 6) is 4.73. The second-order valence-corrected chi connectivity index (χ2v) is 7.39. The quantitative estimate of drug-likeness (QED) is 0.275. The van der Waals surface area contributed by atoms with Crippen LogP contribution < -0.4 is 10.2 Å². The van der Waals surface area contributed by atoms with Crippen LogP contribution in [0.15, 0.2) is 83.8 Å². The van der Waals surface area contributed by atoms with Crippen LogP contribution in [0.25, 0.3) is 10.8 Å². The fourth-order valence-electron chi connectivity index (χ4n) is 2.58. The van der Waals surface area contributed by atoms with Gasteiger partial charge in [0.2, 0.25) is 0 Å². The largest absolute Gasteiger partial charge is 0.288 e. The fraction of sp³-hybridized carbons (Fsp3) is 0. The number of hydroxylamine groups is 1. The number of amides is 1. The highest BCUT2D eigenvalue weighted by Gasteiger charge is 2.17. The molecule has 3 N–H and O–H groups in total. The van der Waals surface area contributed by atoms with Crippen molar-refractivity contribution in [2.45, 2.75) is 4.90 Å². The second-order valence-electron chi connectivity index (χ2n) is 5.74. The molecule has 7 heteroatoms. The smallest absolute Gasteiger partial charge is 0.267 e. The zero-order chi connectivity index (χ0) is 20.0. The van der Waals surface area contributed by atoms with Crippen molar-refractivity contribution in [3.8, 4) is 11.8 Å². The third-order valence-electron chi connectivity index (χ3n) is 3.80. The van der Waals surface area contributed by atoms with E-state index in [1.54, 1.807) is 48.5 Å². The SMILES string of the molecule is O=C(/C=C/C#Cc1cccc(NS(=O)(=O)c2cccc3ccccc23)c1)NO. The summed E-state index contributed by atoms with van der Waals surface area (Å²) in [6.07, 6.45) is 2.35. The summed E-state index contributed by atoms with van der Waals surface area (Å²) in [7, 11) is -3.79. The van der Waals surface area contributed by atoms with Gasteiger partial charge in [0.15, 0.2) is 0 Å². The molecule has 0 aliphatic rings. The van der Waals surface area contributed by atoms with Gasteiger partial charge in [-0.2, -0.15) is 0 Å². The Kier molecular flexibility index (Phi) is 5.75. The molecule has 1 amide bonds. The van der Waals surface area contributed by atoms with Gasteiger partial charge in [-0.05, 0) is 35.7 Å². The third-order valence-corrected chi connectivity index (χ3v) is 5.24. The first-order chi connectivity index (χ1) is 13.5. The molecule has 140 valence electrons. The van der Waals surface area contributed by atoms with E-state index in [4.69, 9.17) is 5.21 Å². The zero-order valence-electron chi connectivity index (χ0n) is 14.6. The van der Waals surface area contributed by atoms with Crippen molar-refractivity contribution < 1.29 is 18.4 Å². The highest BCUT2D eigenvalue weighted by Crippen LogP contribution is 2.25. The Morgan fingerprint density at radius 3 is 2.57 bits per heavy atom. The lowest BCUT2D eigenvalue weighted by atomic mass is 10.1. The molecule has 0 bridgehead atoms. The van der Waals surface area contributed by atoms with E-state index in [9.17, 15) is 13.2 Å². The van der Waals surface area contributed by atoms with Crippen LogP contribution in [-0.4, -0.2) is 19.5 Å². The van der Waals surface area contributed by atoms with Gasteiger partial charge in [-0.25, -0.2) is 13.9 Å². The van der Waals surface area contributed by atoms with Gasteiger partial charge in [0.1, 0.15) is 0 Å². The Hall–Kier alpha value is -3.60. The minimum atomic E-state index is -3.79. The van der Waals surface area contributed by atoms with E-state index in [1.807, 2.05) is 18.2 Å². The van der Waals surface area contributed by atoms with Crippen molar-refractivity contribution in [1.29, 1.82) is 0 Å². The maximum atomic E-state index is 12.9. The second kappa shape index (κ2) is 8.39. The van der Waals surface area contributed by atoms with Gasteiger partial charge in [-0.1, -0.05) is 54.3 Å². The molecule has 3 aromatic carbocycles. The summed E-state index contributed by atoms with van der Waals surface area (Å²) in [6.45, 7) is 0. The maximum Gasteiger partial charge on any atom is 0.267 e. The molecule has 0 aromatic heterocycles. The molecule has 6 nitrogen and oxygen atoms in total. The summed E-state index contributed by atoms with van der Waals surface area (Å²) in [5.41, 5.74) is 2.39. The number of rotatable bonds is 4. The lowest BCUT2D eigenvalue weighted by Gasteiger charge is -2.11. The number of allylic oxidation sites excluding steroid dienone is 1. The van der Waals surface area contributed by atoms with Crippen molar-refractivity contribution >= 4 is 32.4 Å². The monoisotopic (exact) mass is 392 g/mol. The van der Waals surface area contributed by atoms with Crippen LogP contribution in [0.1, 0.15) is 5.56 Å². The fourth-order valence-corrected chi connectivity index (χ4v) is 3.86. The summed E-state index contributed by atoms with van der Waals surface area (Å²) in [5, 5.41) is 9.87. The van der Waals surface area contributed by atoms with Crippen LogP contribution in [0.2, 0.25) is 0 Å². The van der Waals surface area contributed by atoms with E-state index in [0.717, 1.165) is 11.5 Å². The van der Waals surface area contributed by atoms with Gasteiger partial charge < -0.3 is 0 Å². The summed E-state index contributed by atoms with van der Waals surface area (Å²) < 4.78 is 28.3. The van der Waals surface area contributed by atoms with Gasteiger partial charge >= 0.3 is 0 Å². The topological polar surface area (TPSA) is 95.5 Å². The lowest BCUT2D eigenvalue weighted by Crippen LogP contribution is -2.14. The number of carbonyl (C=O) groups is 1. The average molecular weight is 392 g/mol. The van der Waals surface area contributed by atoms with Gasteiger partial charge in [0.25, 0.3) is 15.9 Å². The Labute approximate surface area is 162 Å². The summed E-state index contributed by atoms with van der Waals surface area (Å²) in [4.78, 5) is 11.1. The van der Waals surface area contributed by atoms with Crippen LogP contribution in [0.4, 0.5) is 5.69 Å². The number of carbonyl (C=O) groups excluding carboxylic acids is 1. The Balaban J connectivity index is 1.86. The van der Waals surface area contributed by atoms with Gasteiger partial charge in [-0.15, -0.1) is 0 Å². The number of hydrogen-bond acceptors (Lipinski definition) is 4. The molecule has 0 atom stereocenters. The molecule has 0 unspecified atom stereocenters. The first-order valence-electron chi connectivity index (χ1n) is 8.22. The van der Waals surface area contributed by atoms with Crippen molar-refractivity contribution in [2.75, 3.05) is 4.72 Å². The van der Waals surface area contributed by atoms with Crippen LogP contribution in [-0.2, 0) is 14.8 Å². The van der Waals surface area contributed by atoms with E-state index >= 15 is 0 Å². The lowest BCUT2D eigenvalue weighted by molar-refractivity contribution is -0.124. The van der Waals surface area contributed by atoms with Gasteiger partial charge in [-0.3, -0.25) is 14.7 Å². The minimum absolute atomic E-state index is 0.194. The number of fused-ring (bicyclic) bond motifs is 1. The Bertz CT molecular complexity index is 1220. The van der Waals surface area contributed by atoms with Crippen molar-refractivity contribution in [1.82, 2.24) is 5.48 Å². The molecular formula is C21H16N2O4S. The molecule has 0 spiro atoms. The highest BCUT2D eigenvalue weighted by molar-refractivity contribution is 7.93. The van der Waals surface area contributed by atoms with Crippen LogP contribution in [0.5, 0.6) is 0 Å². The molecule has 0 saturated heterocycles. The average Bonchev–Trinajstić information content (AvgIpc) is 2.70. The van der Waals surface area contributed by atoms with Crippen LogP contribution in [0.3, 0.4) is 0 Å². The number of benzene rings is 3. The minimum Gasteiger partial charge on any atom is -0.288 e. The van der Waals surface area contributed by atoms with E-state index in [2.05, 4.69) is 16.6 Å². The van der Waals surface area contributed by atoms with Crippen molar-refractivity contribution in [3.63, 3.8) is 0 Å². The van der Waals surface area contributed by atoms with Gasteiger partial charge in [0, 0.05) is 17.0 Å². The molecule has 0 aliphatic heterocycles. The molecular weight excluding hydrogens is 376 g/mol. The first-order valence-corrected chi connectivity index (χ1v) is 9.71. The molecule has 3 rings (SSSR count). The molecule has 0 fully saturated rings. The normalized spacial score (nSPS) is 11.0. The molecule has 28 heavy (non-hydrogen) atoms. The molecule has 3 aromatic rings. The summed E-state index contributed by atoms with van der Waals surface area (Å²) >= 11 is 0. The molecule has 0 aliphatic carbocycles. The predicted octanol–water partition coefficient (Wildman–Crippen LogP) is 3.05. The molecule has 0 saturated carbocycles. The summed E-state index contributed by atoms with van der Waals surface area (Å²) in [6, 6.07) is 19.0. The Morgan fingerprint density at radius 2 is 1.75 bits per heavy atom. The van der Waals surface area contributed by atoms with E-state index < -0.39 is 15.9 Å². The number of sulfonamides is 1. The van der Waals surface area contributed by atoms with Gasteiger partial charge in [0.05, 0.1) is 10.6 Å². The highest BCUT2D eigenvalue weighted by atomic mass is 32.2. The van der Waals surface area contributed by atoms with Crippen LogP contribution >= 0.6 is 0 Å². The predicted molar refractivity (Wildman–Crippen MR) is 107 cm³/mol. The number of anilines is 1.